The quantitative estimate of drug-likeness (QED) is 0.550. The summed E-state index contributed by atoms with van der Waals surface area (Å²) in [5.74, 6) is 0. The molecule has 0 aliphatic carbocycles. The predicted molar refractivity (Wildman–Crippen MR) is 66.9 cm³/mol. The minimum Gasteiger partial charge on any atom is -0.242 e. The van der Waals surface area contributed by atoms with Gasteiger partial charge in [-0.05, 0) is 12.1 Å². The van der Waals surface area contributed by atoms with Crippen molar-refractivity contribution >= 4 is 6.21 Å². The van der Waals surface area contributed by atoms with Gasteiger partial charge in [0.25, 0.3) is 0 Å². The van der Waals surface area contributed by atoms with Gasteiger partial charge in [0.1, 0.15) is 19.8 Å². The van der Waals surface area contributed by atoms with E-state index >= 15 is 0 Å². The molecule has 80 valence electrons. The van der Waals surface area contributed by atoms with Crippen molar-refractivity contribution < 1.29 is 4.58 Å². The molecule has 0 atom stereocenters. The van der Waals surface area contributed by atoms with Gasteiger partial charge >= 0.3 is 0 Å². The van der Waals surface area contributed by atoms with Crippen LogP contribution in [0.1, 0.15) is 5.69 Å². The summed E-state index contributed by atoms with van der Waals surface area (Å²) >= 11 is 0. The first-order valence-electron chi connectivity index (χ1n) is 5.29. The van der Waals surface area contributed by atoms with Crippen LogP contribution in [0, 0.1) is 0 Å². The maximum Gasteiger partial charge on any atom is 0.188 e. The third kappa shape index (κ3) is 2.54. The molecule has 16 heavy (non-hydrogen) atoms. The van der Waals surface area contributed by atoms with Gasteiger partial charge in [-0.15, -0.1) is 0 Å². The van der Waals surface area contributed by atoms with Gasteiger partial charge in [-0.1, -0.05) is 36.4 Å². The summed E-state index contributed by atoms with van der Waals surface area (Å²) in [6, 6.07) is 16.3. The second-order valence-electron chi connectivity index (χ2n) is 3.91. The zero-order valence-corrected chi connectivity index (χ0v) is 9.59. The Morgan fingerprint density at radius 3 is 2.38 bits per heavy atom. The average molecular weight is 211 g/mol. The SMILES string of the molecule is C[N+](C)=Cc1cccc(-c2ccccc2)n1. The number of hydrogen-bond acceptors (Lipinski definition) is 1. The topological polar surface area (TPSA) is 15.9 Å². The van der Waals surface area contributed by atoms with E-state index in [1.54, 1.807) is 0 Å². The molecule has 0 aliphatic heterocycles. The zero-order chi connectivity index (χ0) is 11.4. The summed E-state index contributed by atoms with van der Waals surface area (Å²) in [5, 5.41) is 0. The molecule has 2 nitrogen and oxygen atoms in total. The Kier molecular flexibility index (Phi) is 3.10. The van der Waals surface area contributed by atoms with E-state index in [0.29, 0.717) is 0 Å². The van der Waals surface area contributed by atoms with E-state index in [2.05, 4.69) is 17.1 Å². The molecule has 2 rings (SSSR count). The van der Waals surface area contributed by atoms with E-state index in [0.717, 1.165) is 17.0 Å². The monoisotopic (exact) mass is 211 g/mol. The van der Waals surface area contributed by atoms with Crippen molar-refractivity contribution in [3.8, 4) is 11.3 Å². The lowest BCUT2D eigenvalue weighted by Crippen LogP contribution is -2.01. The Bertz CT molecular complexity index is 497. The number of benzene rings is 1. The minimum absolute atomic E-state index is 0.978. The van der Waals surface area contributed by atoms with Crippen LogP contribution in [0.3, 0.4) is 0 Å². The third-order valence-corrected chi connectivity index (χ3v) is 2.23. The normalized spacial score (nSPS) is 9.88. The molecule has 0 saturated heterocycles. The van der Waals surface area contributed by atoms with Crippen LogP contribution in [0.25, 0.3) is 11.3 Å². The Hall–Kier alpha value is -1.96. The highest BCUT2D eigenvalue weighted by molar-refractivity contribution is 5.74. The summed E-state index contributed by atoms with van der Waals surface area (Å²) in [6.07, 6.45) is 2.01. The Balaban J connectivity index is 2.41. The number of nitrogens with zero attached hydrogens (tertiary/aromatic N) is 2. The third-order valence-electron chi connectivity index (χ3n) is 2.23. The number of aromatic nitrogens is 1. The van der Waals surface area contributed by atoms with Crippen LogP contribution < -0.4 is 0 Å². The molecule has 0 spiro atoms. The van der Waals surface area contributed by atoms with Crippen LogP contribution in [0.2, 0.25) is 0 Å². The summed E-state index contributed by atoms with van der Waals surface area (Å²) in [6.45, 7) is 0. The molecule has 1 heterocycles. The van der Waals surface area contributed by atoms with Crippen molar-refractivity contribution in [1.29, 1.82) is 0 Å². The molecule has 2 aromatic rings. The summed E-state index contributed by atoms with van der Waals surface area (Å²) < 4.78 is 2.00. The molecule has 0 unspecified atom stereocenters. The maximum atomic E-state index is 4.59. The van der Waals surface area contributed by atoms with Gasteiger partial charge < -0.3 is 0 Å². The fraction of sp³-hybridized carbons (Fsp3) is 0.143. The first kappa shape index (κ1) is 10.6. The molecule has 0 fully saturated rings. The molecule has 0 bridgehead atoms. The van der Waals surface area contributed by atoms with Crippen molar-refractivity contribution in [2.75, 3.05) is 14.1 Å². The van der Waals surface area contributed by atoms with Crippen LogP contribution in [0.4, 0.5) is 0 Å². The highest BCUT2D eigenvalue weighted by Gasteiger charge is 2.00. The van der Waals surface area contributed by atoms with Gasteiger partial charge in [-0.3, -0.25) is 0 Å². The molecule has 0 radical (unpaired) electrons. The summed E-state index contributed by atoms with van der Waals surface area (Å²) in [7, 11) is 3.99. The van der Waals surface area contributed by atoms with E-state index < -0.39 is 0 Å². The molecular formula is C14H15N2+. The van der Waals surface area contributed by atoms with Crippen molar-refractivity contribution in [1.82, 2.24) is 4.98 Å². The first-order chi connectivity index (χ1) is 7.75. The second-order valence-corrected chi connectivity index (χ2v) is 3.91. The van der Waals surface area contributed by atoms with E-state index in [1.165, 1.54) is 0 Å². The molecule has 0 N–H and O–H groups in total. The van der Waals surface area contributed by atoms with Gasteiger partial charge in [0.05, 0.1) is 5.69 Å². The van der Waals surface area contributed by atoms with Crippen molar-refractivity contribution in [3.63, 3.8) is 0 Å². The van der Waals surface area contributed by atoms with Crippen molar-refractivity contribution in [2.45, 2.75) is 0 Å². The van der Waals surface area contributed by atoms with Crippen LogP contribution in [0.15, 0.2) is 48.5 Å². The van der Waals surface area contributed by atoms with E-state index in [9.17, 15) is 0 Å². The smallest absolute Gasteiger partial charge is 0.188 e. The zero-order valence-electron chi connectivity index (χ0n) is 9.59. The fourth-order valence-electron chi connectivity index (χ4n) is 1.56. The van der Waals surface area contributed by atoms with Crippen LogP contribution in [-0.4, -0.2) is 29.9 Å². The molecule has 0 saturated carbocycles. The molecule has 0 aliphatic rings. The van der Waals surface area contributed by atoms with Crippen LogP contribution in [-0.2, 0) is 0 Å². The molecule has 2 heteroatoms. The van der Waals surface area contributed by atoms with Gasteiger partial charge in [0.15, 0.2) is 6.21 Å². The van der Waals surface area contributed by atoms with Gasteiger partial charge in [-0.25, -0.2) is 9.56 Å². The number of pyridine rings is 1. The summed E-state index contributed by atoms with van der Waals surface area (Å²) in [5.41, 5.74) is 3.14. The lowest BCUT2D eigenvalue weighted by molar-refractivity contribution is -0.458. The Morgan fingerprint density at radius 2 is 1.69 bits per heavy atom. The second kappa shape index (κ2) is 4.71. The maximum absolute atomic E-state index is 4.59. The standard InChI is InChI=1S/C14H15N2/c1-16(2)11-13-9-6-10-14(15-13)12-7-4-3-5-8-12/h3-11H,1-2H3/q+1. The highest BCUT2D eigenvalue weighted by atomic mass is 14.9. The average Bonchev–Trinajstić information content (AvgIpc) is 2.30. The molecule has 1 aromatic heterocycles. The van der Waals surface area contributed by atoms with E-state index in [4.69, 9.17) is 0 Å². The first-order valence-corrected chi connectivity index (χ1v) is 5.29. The highest BCUT2D eigenvalue weighted by Crippen LogP contribution is 2.15. The van der Waals surface area contributed by atoms with Crippen molar-refractivity contribution in [2.24, 2.45) is 0 Å². The van der Waals surface area contributed by atoms with Crippen LogP contribution in [0.5, 0.6) is 0 Å². The van der Waals surface area contributed by atoms with Gasteiger partial charge in [-0.2, -0.15) is 0 Å². The Labute approximate surface area is 95.9 Å². The number of hydrogen-bond donors (Lipinski definition) is 0. The predicted octanol–water partition coefficient (Wildman–Crippen LogP) is 2.44. The molecule has 1 aromatic carbocycles. The number of rotatable bonds is 2. The lowest BCUT2D eigenvalue weighted by Gasteiger charge is -2.00. The van der Waals surface area contributed by atoms with Crippen LogP contribution >= 0.6 is 0 Å². The molecular weight excluding hydrogens is 196 g/mol. The van der Waals surface area contributed by atoms with Gasteiger partial charge in [0.2, 0.25) is 0 Å². The lowest BCUT2D eigenvalue weighted by atomic mass is 10.1. The Morgan fingerprint density at radius 1 is 0.938 bits per heavy atom. The van der Waals surface area contributed by atoms with Gasteiger partial charge in [0, 0.05) is 5.56 Å². The summed E-state index contributed by atoms with van der Waals surface area (Å²) in [4.78, 5) is 4.59. The van der Waals surface area contributed by atoms with E-state index in [1.807, 2.05) is 61.3 Å². The minimum atomic E-state index is 0.978. The molecule has 0 amide bonds. The largest absolute Gasteiger partial charge is 0.242 e. The van der Waals surface area contributed by atoms with Crippen molar-refractivity contribution in [3.05, 3.63) is 54.2 Å². The fourth-order valence-corrected chi connectivity index (χ4v) is 1.56. The van der Waals surface area contributed by atoms with E-state index in [-0.39, 0.29) is 0 Å².